The summed E-state index contributed by atoms with van der Waals surface area (Å²) in [4.78, 5) is 66.5. The normalized spacial score (nSPS) is 18.2. The van der Waals surface area contributed by atoms with Crippen molar-refractivity contribution in [1.29, 1.82) is 0 Å². The molecule has 0 atom stereocenters. The zero-order valence-corrected chi connectivity index (χ0v) is 52.3. The molecule has 31 heteroatoms. The van der Waals surface area contributed by atoms with Crippen molar-refractivity contribution < 1.29 is 45.4 Å². The lowest BCUT2D eigenvalue weighted by molar-refractivity contribution is 0.115. The second-order valence-electron chi connectivity index (χ2n) is 21.3. The Morgan fingerprint density at radius 3 is 1.40 bits per heavy atom. The number of anilines is 4. The third-order valence-corrected chi connectivity index (χ3v) is 18.6. The fourth-order valence-corrected chi connectivity index (χ4v) is 14.1. The van der Waals surface area contributed by atoms with Crippen molar-refractivity contribution in [2.45, 2.75) is 38.8 Å². The van der Waals surface area contributed by atoms with Crippen LogP contribution in [0, 0.1) is 0 Å². The summed E-state index contributed by atoms with van der Waals surface area (Å²) < 4.78 is 76.5. The van der Waals surface area contributed by atoms with Crippen LogP contribution in [0.4, 0.5) is 32.9 Å². The zero-order chi connectivity index (χ0) is 59.7. The van der Waals surface area contributed by atoms with E-state index < -0.39 is 20.0 Å². The predicted molar refractivity (Wildman–Crippen MR) is 331 cm³/mol. The molecule has 0 unspecified atom stereocenters. The molecule has 85 heavy (non-hydrogen) atoms. The molecule has 0 radical (unpaired) electrons. The maximum atomic E-state index is 12.9. The molecule has 12 heterocycles. The SMILES string of the molecule is COc1ncc(-c2nc(N3CCOCC3)nc3c(CN4CCN(C(=O)N5CCCC5)CC4)csc23)cc1NS(C)(=O)=O.COc1ncc(-c2nc(N3CCOCC3)nc3c(CN4CCNCC4)csc23)cc1NS(C)(=O)=O.O=C(Cl)N1CCCC1. The molecule has 0 saturated carbocycles. The molecule has 6 aromatic heterocycles. The number of piperazine rings is 2. The van der Waals surface area contributed by atoms with Gasteiger partial charge in [-0.25, -0.2) is 51.5 Å². The van der Waals surface area contributed by atoms with Crippen LogP contribution in [0.25, 0.3) is 42.9 Å². The third kappa shape index (κ3) is 15.9. The molecule has 6 aliphatic rings. The van der Waals surface area contributed by atoms with Crippen molar-refractivity contribution in [2.24, 2.45) is 0 Å². The highest BCUT2D eigenvalue weighted by Gasteiger charge is 2.29. The molecule has 6 aliphatic heterocycles. The van der Waals surface area contributed by atoms with Crippen LogP contribution in [-0.2, 0) is 42.6 Å². The number of aromatic nitrogens is 6. The average Bonchev–Trinajstić information content (AvgIpc) is 2.92. The van der Waals surface area contributed by atoms with E-state index in [2.05, 4.69) is 55.1 Å². The van der Waals surface area contributed by atoms with Gasteiger partial charge in [-0.2, -0.15) is 0 Å². The predicted octanol–water partition coefficient (Wildman–Crippen LogP) is 5.12. The fraction of sp³-hybridized carbons (Fsp3) is 0.556. The van der Waals surface area contributed by atoms with Gasteiger partial charge in [0, 0.05) is 152 Å². The van der Waals surface area contributed by atoms with Gasteiger partial charge in [-0.15, -0.1) is 22.7 Å². The summed E-state index contributed by atoms with van der Waals surface area (Å²) >= 11 is 8.34. The van der Waals surface area contributed by atoms with Crippen molar-refractivity contribution in [2.75, 3.05) is 177 Å². The first-order chi connectivity index (χ1) is 41.0. The number of methoxy groups -OCH3 is 2. The number of carbonyl (C=O) groups is 2. The monoisotopic (exact) mass is 1270 g/mol. The molecule has 12 rings (SSSR count). The molecule has 0 spiro atoms. The van der Waals surface area contributed by atoms with E-state index in [0.717, 1.165) is 142 Å². The first-order valence-corrected chi connectivity index (χ1v) is 34.3. The number of sulfonamides is 2. The van der Waals surface area contributed by atoms with E-state index in [-0.39, 0.29) is 34.5 Å². The maximum absolute atomic E-state index is 12.9. The highest BCUT2D eigenvalue weighted by Crippen LogP contribution is 2.40. The molecule has 460 valence electrons. The summed E-state index contributed by atoms with van der Waals surface area (Å²) in [6.07, 6.45) is 9.90. The number of urea groups is 1. The molecule has 6 aromatic rings. The third-order valence-electron chi connectivity index (χ3n) is 15.1. The minimum absolute atomic E-state index is 0.165. The fourth-order valence-electron chi connectivity index (χ4n) is 10.8. The van der Waals surface area contributed by atoms with Crippen molar-refractivity contribution in [1.82, 2.24) is 59.7 Å². The number of ether oxygens (including phenoxy) is 4. The van der Waals surface area contributed by atoms with E-state index in [9.17, 15) is 26.4 Å². The molecule has 0 aliphatic carbocycles. The second-order valence-corrected chi connectivity index (χ2v) is 26.9. The van der Waals surface area contributed by atoms with Gasteiger partial charge in [-0.3, -0.25) is 24.0 Å². The summed E-state index contributed by atoms with van der Waals surface area (Å²) in [5.41, 5.74) is 7.33. The van der Waals surface area contributed by atoms with E-state index in [1.165, 1.54) is 19.8 Å². The average molecular weight is 1270 g/mol. The highest BCUT2D eigenvalue weighted by molar-refractivity contribution is 7.92. The number of halogens is 1. The lowest BCUT2D eigenvalue weighted by Gasteiger charge is -2.36. The Hall–Kier alpha value is -6.09. The van der Waals surface area contributed by atoms with Gasteiger partial charge in [0.1, 0.15) is 11.4 Å². The Morgan fingerprint density at radius 2 is 1.00 bits per heavy atom. The number of fused-ring (bicyclic) bond motifs is 2. The van der Waals surface area contributed by atoms with Crippen LogP contribution in [0.3, 0.4) is 0 Å². The number of hydrogen-bond acceptors (Lipinski definition) is 23. The van der Waals surface area contributed by atoms with Gasteiger partial charge in [0.05, 0.1) is 85.0 Å². The lowest BCUT2D eigenvalue weighted by Crippen LogP contribution is -2.52. The van der Waals surface area contributed by atoms with Crippen molar-refractivity contribution >= 4 is 109 Å². The van der Waals surface area contributed by atoms with E-state index in [1.54, 1.807) is 52.1 Å². The molecule has 6 fully saturated rings. The first-order valence-electron chi connectivity index (χ1n) is 28.4. The largest absolute Gasteiger partial charge is 0.480 e. The molecule has 0 bridgehead atoms. The van der Waals surface area contributed by atoms with Gasteiger partial charge >= 0.3 is 11.4 Å². The number of rotatable bonds is 14. The minimum Gasteiger partial charge on any atom is -0.480 e. The Labute approximate surface area is 508 Å². The van der Waals surface area contributed by atoms with Gasteiger partial charge in [-0.05, 0) is 60.2 Å². The number of thiophene rings is 2. The molecule has 0 aromatic carbocycles. The number of morpholine rings is 2. The van der Waals surface area contributed by atoms with Gasteiger partial charge in [-0.1, -0.05) is 0 Å². The van der Waals surface area contributed by atoms with Gasteiger partial charge in [0.2, 0.25) is 43.7 Å². The van der Waals surface area contributed by atoms with Crippen LogP contribution >= 0.6 is 34.3 Å². The van der Waals surface area contributed by atoms with Crippen molar-refractivity contribution in [3.05, 3.63) is 46.4 Å². The zero-order valence-electron chi connectivity index (χ0n) is 48.3. The van der Waals surface area contributed by atoms with E-state index in [1.807, 2.05) is 9.80 Å². The van der Waals surface area contributed by atoms with Gasteiger partial charge in [0.25, 0.3) is 0 Å². The van der Waals surface area contributed by atoms with E-state index in [4.69, 9.17) is 50.5 Å². The van der Waals surface area contributed by atoms with Crippen LogP contribution in [-0.4, -0.2) is 241 Å². The Balaban J connectivity index is 0.000000169. The molecule has 26 nitrogen and oxygen atoms in total. The summed E-state index contributed by atoms with van der Waals surface area (Å²) in [5, 5.41) is 7.37. The van der Waals surface area contributed by atoms with Crippen molar-refractivity contribution in [3.8, 4) is 34.3 Å². The minimum atomic E-state index is -3.56. The molecular weight excluding hydrogens is 1200 g/mol. The first kappa shape index (κ1) is 62.0. The smallest absolute Gasteiger partial charge is 0.320 e. The summed E-state index contributed by atoms with van der Waals surface area (Å²) in [6, 6.07) is 3.58. The van der Waals surface area contributed by atoms with Crippen LogP contribution in [0.2, 0.25) is 0 Å². The Kier molecular flexibility index (Phi) is 20.5. The van der Waals surface area contributed by atoms with Gasteiger partial charge < -0.3 is 48.8 Å². The topological polar surface area (TPSA) is 275 Å². The maximum Gasteiger partial charge on any atom is 0.320 e. The van der Waals surface area contributed by atoms with Crippen LogP contribution in [0.15, 0.2) is 35.3 Å². The molecule has 3 N–H and O–H groups in total. The number of amides is 3. The van der Waals surface area contributed by atoms with Crippen LogP contribution in [0.1, 0.15) is 36.8 Å². The lowest BCUT2D eigenvalue weighted by atomic mass is 10.1. The standard InChI is InChI=1S/C27H36N8O5S2.C22H29N7O4S2.C5H8ClNO/c1-39-25-21(31-42(2,37)38)15-19(16-28-25)22-24-23(30-26(29-22)33-11-13-40-14-12-33)20(18-41-24)17-32-7-9-35(10-8-32)27(36)34-5-3-4-6-34;1-32-21-17(27-35(2,30)31)11-15(12-24-21)18-20-19(26-22(25-18)29-7-9-33-10-8-29)16(14-34-20)13-28-5-3-23-4-6-28;6-5(8)7-3-1-2-4-7/h15-16,18,31H,3-14,17H2,1-2H3;11-12,14,23,27H,3-10,13H2,1-2H3;1-4H2. The van der Waals surface area contributed by atoms with Gasteiger partial charge in [0.15, 0.2) is 0 Å². The Bertz CT molecular complexity index is 3530. The molecule has 3 amide bonds. The summed E-state index contributed by atoms with van der Waals surface area (Å²) in [5.74, 6) is 1.62. The Morgan fingerprint density at radius 1 is 0.588 bits per heavy atom. The van der Waals surface area contributed by atoms with Crippen LogP contribution in [0.5, 0.6) is 11.8 Å². The highest BCUT2D eigenvalue weighted by atomic mass is 35.5. The number of carbonyl (C=O) groups excluding carboxylic acids is 2. The molecular formula is C54H73ClN16O10S4. The number of nitrogens with one attached hydrogen (secondary N) is 3. The van der Waals surface area contributed by atoms with Crippen LogP contribution < -0.4 is 34.0 Å². The van der Waals surface area contributed by atoms with Crippen molar-refractivity contribution in [3.63, 3.8) is 0 Å². The number of nitrogens with zero attached hydrogens (tertiary/aromatic N) is 13. The number of hydrogen-bond donors (Lipinski definition) is 3. The number of pyridine rings is 2. The van der Waals surface area contributed by atoms with E-state index in [0.29, 0.717) is 101 Å². The summed E-state index contributed by atoms with van der Waals surface area (Å²) in [6.45, 7) is 17.2. The summed E-state index contributed by atoms with van der Waals surface area (Å²) in [7, 11) is -4.18. The van der Waals surface area contributed by atoms with E-state index >= 15 is 0 Å². The number of likely N-dealkylation sites (tertiary alicyclic amines) is 2. The quantitative estimate of drug-likeness (QED) is 0.0943. The second kappa shape index (κ2) is 28.2. The molecule has 6 saturated heterocycles.